The molecule has 44 heavy (non-hydrogen) atoms. The van der Waals surface area contributed by atoms with Gasteiger partial charge in [-0.25, -0.2) is 14.8 Å². The van der Waals surface area contributed by atoms with Gasteiger partial charge < -0.3 is 19.3 Å². The number of anilines is 4. The van der Waals surface area contributed by atoms with Crippen molar-refractivity contribution in [1.29, 1.82) is 0 Å². The predicted molar refractivity (Wildman–Crippen MR) is 174 cm³/mol. The van der Waals surface area contributed by atoms with Gasteiger partial charge in [0.25, 0.3) is 5.56 Å². The number of aryl methyl sites for hydroxylation is 1. The van der Waals surface area contributed by atoms with Crippen LogP contribution in [0.15, 0.2) is 96.2 Å². The van der Waals surface area contributed by atoms with Crippen molar-refractivity contribution >= 4 is 39.9 Å². The number of aromatic nitrogens is 3. The Hall–Kier alpha value is -5.22. The van der Waals surface area contributed by atoms with Gasteiger partial charge in [-0.1, -0.05) is 42.5 Å². The second kappa shape index (κ2) is 13.8. The van der Waals surface area contributed by atoms with Crippen LogP contribution in [0.2, 0.25) is 0 Å². The Morgan fingerprint density at radius 2 is 1.82 bits per heavy atom. The molecule has 0 atom stereocenters. The first kappa shape index (κ1) is 28.9. The number of rotatable bonds is 11. The van der Waals surface area contributed by atoms with Crippen LogP contribution in [0.5, 0.6) is 0 Å². The molecule has 226 valence electrons. The third-order valence-electron chi connectivity index (χ3n) is 7.37. The van der Waals surface area contributed by atoms with Gasteiger partial charge in [-0.2, -0.15) is 0 Å². The van der Waals surface area contributed by atoms with Crippen molar-refractivity contribution in [2.24, 2.45) is 0 Å². The maximum absolute atomic E-state index is 14.4. The summed E-state index contributed by atoms with van der Waals surface area (Å²) in [7, 11) is 3.64. The van der Waals surface area contributed by atoms with Crippen LogP contribution in [0.3, 0.4) is 0 Å². The van der Waals surface area contributed by atoms with E-state index in [4.69, 9.17) is 10.8 Å². The molecule has 0 fully saturated rings. The number of hydrogen-bond acceptors (Lipinski definition) is 8. The maximum Gasteiger partial charge on any atom is 0.412 e. The number of carbonyl (C=O) groups excluding carboxylic acids is 1. The number of carbonyl (C=O) groups is 1. The van der Waals surface area contributed by atoms with E-state index in [-0.39, 0.29) is 18.5 Å². The third kappa shape index (κ3) is 6.55. The lowest BCUT2D eigenvalue weighted by molar-refractivity contribution is 0.155. The van der Waals surface area contributed by atoms with Crippen LogP contribution in [0, 0.1) is 6.92 Å². The van der Waals surface area contributed by atoms with E-state index in [0.29, 0.717) is 53.5 Å². The smallest absolute Gasteiger partial charge is 0.412 e. The molecule has 3 aromatic carbocycles. The Morgan fingerprint density at radius 3 is 2.55 bits per heavy atom. The molecule has 10 nitrogen and oxygen atoms in total. The SMILES string of the molecule is [2H]c1ncc2cc(N(CC)c3cccc(C)c3NC(=O)OCc3ccccc3)c(=O)n(-c3ccc(N(C)CCOC)cc3)c2n1. The molecule has 0 saturated carbocycles. The molecule has 0 saturated heterocycles. The fourth-order valence-electron chi connectivity index (χ4n) is 5.02. The highest BCUT2D eigenvalue weighted by Gasteiger charge is 2.22. The van der Waals surface area contributed by atoms with Gasteiger partial charge in [0, 0.05) is 44.5 Å². The molecule has 5 aromatic rings. The summed E-state index contributed by atoms with van der Waals surface area (Å²) in [6.07, 6.45) is 0.750. The van der Waals surface area contributed by atoms with E-state index in [1.165, 1.54) is 4.57 Å². The van der Waals surface area contributed by atoms with Gasteiger partial charge in [0.2, 0.25) is 0 Å². The number of likely N-dealkylation sites (N-methyl/N-ethyl adjacent to an activating group) is 1. The molecule has 1 amide bonds. The summed E-state index contributed by atoms with van der Waals surface area (Å²) < 4.78 is 20.3. The van der Waals surface area contributed by atoms with Gasteiger partial charge in [0.05, 0.1) is 23.7 Å². The summed E-state index contributed by atoms with van der Waals surface area (Å²) in [5.41, 5.74) is 4.75. The van der Waals surface area contributed by atoms with E-state index >= 15 is 0 Å². The number of nitrogens with one attached hydrogen (secondary N) is 1. The number of hydrogen-bond donors (Lipinski definition) is 1. The topological polar surface area (TPSA) is 102 Å². The van der Waals surface area contributed by atoms with E-state index in [9.17, 15) is 9.59 Å². The largest absolute Gasteiger partial charge is 0.444 e. The standard InChI is InChI=1S/C34H36N6O4/c1-5-39(29-13-9-10-24(2)31(29)37-34(42)44-22-25-11-7-6-8-12-25)30-20-26-21-35-23-36-32(26)40(33(30)41)28-16-14-27(15-17-28)38(3)18-19-43-4/h6-17,20-21,23H,5,18-19,22H2,1-4H3,(H,37,42)/i23D. The molecular formula is C34H36N6O4. The lowest BCUT2D eigenvalue weighted by atomic mass is 10.1. The summed E-state index contributed by atoms with van der Waals surface area (Å²) in [6.45, 7) is 5.65. The van der Waals surface area contributed by atoms with E-state index in [1.807, 2.05) is 98.6 Å². The van der Waals surface area contributed by atoms with Crippen LogP contribution in [0.1, 0.15) is 19.4 Å². The maximum atomic E-state index is 14.4. The fourth-order valence-corrected chi connectivity index (χ4v) is 5.02. The number of benzene rings is 3. The first-order valence-corrected chi connectivity index (χ1v) is 14.4. The van der Waals surface area contributed by atoms with E-state index in [2.05, 4.69) is 20.2 Å². The molecule has 0 unspecified atom stereocenters. The number of fused-ring (bicyclic) bond motifs is 1. The highest BCUT2D eigenvalue weighted by atomic mass is 16.5. The Labute approximate surface area is 257 Å². The summed E-state index contributed by atoms with van der Waals surface area (Å²) in [4.78, 5) is 39.6. The van der Waals surface area contributed by atoms with E-state index in [1.54, 1.807) is 19.4 Å². The molecule has 0 aliphatic heterocycles. The van der Waals surface area contributed by atoms with Gasteiger partial charge in [-0.3, -0.25) is 14.7 Å². The van der Waals surface area contributed by atoms with Crippen LogP contribution in [0.4, 0.5) is 27.5 Å². The highest BCUT2D eigenvalue weighted by Crippen LogP contribution is 2.34. The van der Waals surface area contributed by atoms with Crippen molar-refractivity contribution in [2.45, 2.75) is 20.5 Å². The van der Waals surface area contributed by atoms with Crippen molar-refractivity contribution in [3.8, 4) is 5.69 Å². The summed E-state index contributed by atoms with van der Waals surface area (Å²) in [6, 6.07) is 24.4. The molecule has 10 heteroatoms. The van der Waals surface area contributed by atoms with Crippen molar-refractivity contribution in [3.05, 3.63) is 113 Å². The quantitative estimate of drug-likeness (QED) is 0.197. The summed E-state index contributed by atoms with van der Waals surface area (Å²) in [5.74, 6) is 0. The monoisotopic (exact) mass is 593 g/mol. The van der Waals surface area contributed by atoms with Gasteiger partial charge in [0.15, 0.2) is 5.65 Å². The summed E-state index contributed by atoms with van der Waals surface area (Å²) in [5, 5.41) is 3.49. The molecule has 0 radical (unpaired) electrons. The molecular weight excluding hydrogens is 556 g/mol. The minimum Gasteiger partial charge on any atom is -0.444 e. The minimum atomic E-state index is -0.603. The van der Waals surface area contributed by atoms with E-state index < -0.39 is 6.09 Å². The average molecular weight is 594 g/mol. The zero-order valence-corrected chi connectivity index (χ0v) is 25.3. The van der Waals surface area contributed by atoms with Crippen LogP contribution >= 0.6 is 0 Å². The number of methoxy groups -OCH3 is 1. The summed E-state index contributed by atoms with van der Waals surface area (Å²) >= 11 is 0. The Kier molecular flexibility index (Phi) is 9.08. The second-order valence-electron chi connectivity index (χ2n) is 10.2. The van der Waals surface area contributed by atoms with Crippen LogP contribution in [0.25, 0.3) is 16.7 Å². The minimum absolute atomic E-state index is 0.125. The molecule has 2 aromatic heterocycles. The average Bonchev–Trinajstić information content (AvgIpc) is 3.05. The second-order valence-corrected chi connectivity index (χ2v) is 10.2. The molecule has 0 bridgehead atoms. The Bertz CT molecular complexity index is 1850. The first-order valence-electron chi connectivity index (χ1n) is 14.9. The molecule has 0 spiro atoms. The molecule has 0 aliphatic rings. The zero-order valence-electron chi connectivity index (χ0n) is 26.3. The highest BCUT2D eigenvalue weighted by molar-refractivity contribution is 5.93. The van der Waals surface area contributed by atoms with Crippen LogP contribution in [-0.2, 0) is 16.1 Å². The lowest BCUT2D eigenvalue weighted by Crippen LogP contribution is -2.30. The predicted octanol–water partition coefficient (Wildman–Crippen LogP) is 6.08. The molecule has 2 heterocycles. The van der Waals surface area contributed by atoms with Crippen molar-refractivity contribution in [1.82, 2.24) is 14.5 Å². The molecule has 1 N–H and O–H groups in total. The van der Waals surface area contributed by atoms with Crippen molar-refractivity contribution in [3.63, 3.8) is 0 Å². The van der Waals surface area contributed by atoms with Gasteiger partial charge in [-0.15, -0.1) is 0 Å². The third-order valence-corrected chi connectivity index (χ3v) is 7.37. The number of nitrogens with zero attached hydrogens (tertiary/aromatic N) is 5. The van der Waals surface area contributed by atoms with Crippen molar-refractivity contribution < 1.29 is 15.6 Å². The van der Waals surface area contributed by atoms with Crippen LogP contribution < -0.4 is 20.7 Å². The number of pyridine rings is 1. The molecule has 5 rings (SSSR count). The van der Waals surface area contributed by atoms with Gasteiger partial charge >= 0.3 is 6.09 Å². The fraction of sp³-hybridized carbons (Fsp3) is 0.235. The molecule has 0 aliphatic carbocycles. The van der Waals surface area contributed by atoms with Gasteiger partial charge in [-0.05, 0) is 61.4 Å². The van der Waals surface area contributed by atoms with Crippen LogP contribution in [-0.4, -0.2) is 54.5 Å². The van der Waals surface area contributed by atoms with Gasteiger partial charge in [0.1, 0.15) is 20.0 Å². The number of para-hydroxylation sites is 1. The van der Waals surface area contributed by atoms with Crippen molar-refractivity contribution in [2.75, 3.05) is 49.0 Å². The Balaban J connectivity index is 1.55. The van der Waals surface area contributed by atoms with E-state index in [0.717, 1.165) is 16.8 Å². The number of amides is 1. The number of ether oxygens (including phenoxy) is 2. The lowest BCUT2D eigenvalue weighted by Gasteiger charge is -2.27. The zero-order chi connectivity index (χ0) is 31.9. The Morgan fingerprint density at radius 1 is 1.05 bits per heavy atom. The first-order chi connectivity index (χ1) is 21.8. The normalized spacial score (nSPS) is 11.2.